The molecule has 23 heavy (non-hydrogen) atoms. The van der Waals surface area contributed by atoms with Gasteiger partial charge in [-0.1, -0.05) is 19.9 Å². The van der Waals surface area contributed by atoms with Crippen molar-refractivity contribution in [3.8, 4) is 11.5 Å². The van der Waals surface area contributed by atoms with E-state index in [2.05, 4.69) is 0 Å². The fourth-order valence-corrected chi connectivity index (χ4v) is 2.27. The molecule has 1 heterocycles. The molecule has 1 aromatic rings. The number of hydrogen-bond acceptors (Lipinski definition) is 4. The average molecular weight is 319 g/mol. The van der Waals surface area contributed by atoms with Crippen LogP contribution in [0.2, 0.25) is 0 Å². The molecule has 1 aromatic carbocycles. The molecular weight excluding hydrogens is 298 g/mol. The normalized spacial score (nSPS) is 13.3. The molecule has 1 aliphatic heterocycles. The number of carboxylic acid groups (broad SMARTS) is 1. The van der Waals surface area contributed by atoms with E-state index in [0.717, 1.165) is 5.56 Å². The van der Waals surface area contributed by atoms with E-state index in [1.165, 1.54) is 11.0 Å². The van der Waals surface area contributed by atoms with Gasteiger partial charge in [0.25, 0.3) is 0 Å². The van der Waals surface area contributed by atoms with Crippen molar-refractivity contribution in [2.24, 2.45) is 5.92 Å². The zero-order chi connectivity index (χ0) is 16.8. The lowest BCUT2D eigenvalue weighted by Gasteiger charge is -2.21. The zero-order valence-electron chi connectivity index (χ0n) is 13.3. The van der Waals surface area contributed by atoms with Crippen LogP contribution in [-0.2, 0) is 9.59 Å². The summed E-state index contributed by atoms with van der Waals surface area (Å²) < 4.78 is 10.9. The molecule has 0 aromatic heterocycles. The topological polar surface area (TPSA) is 76.1 Å². The third kappa shape index (κ3) is 5.02. The molecule has 1 N–H and O–H groups in total. The first-order valence-corrected chi connectivity index (χ1v) is 7.54. The molecule has 0 radical (unpaired) electrons. The molecule has 6 heteroatoms. The Morgan fingerprint density at radius 1 is 1.26 bits per heavy atom. The Kier molecular flexibility index (Phi) is 5.62. The standard InChI is InChI=1S/C17H21NO5/c1-12(2)10-18(11-17(20)21)16(19)6-4-13-3-5-14-15(9-13)23-8-7-22-14/h3-6,9,12H,7-8,10-11H2,1-2H3,(H,20,21). The predicted octanol–water partition coefficient (Wildman–Crippen LogP) is 2.04. The minimum absolute atomic E-state index is 0.195. The van der Waals surface area contributed by atoms with E-state index in [9.17, 15) is 9.59 Å². The summed E-state index contributed by atoms with van der Waals surface area (Å²) in [7, 11) is 0. The van der Waals surface area contributed by atoms with Crippen LogP contribution < -0.4 is 9.47 Å². The second-order valence-corrected chi connectivity index (χ2v) is 5.74. The van der Waals surface area contributed by atoms with Crippen molar-refractivity contribution in [1.29, 1.82) is 0 Å². The van der Waals surface area contributed by atoms with E-state index in [1.54, 1.807) is 18.2 Å². The van der Waals surface area contributed by atoms with Crippen LogP contribution in [0.1, 0.15) is 19.4 Å². The third-order valence-electron chi connectivity index (χ3n) is 3.21. The van der Waals surface area contributed by atoms with Crippen LogP contribution in [0.4, 0.5) is 0 Å². The second kappa shape index (κ2) is 7.67. The molecule has 1 amide bonds. The molecule has 0 bridgehead atoms. The number of aliphatic carboxylic acids is 1. The number of nitrogens with zero attached hydrogens (tertiary/aromatic N) is 1. The number of ether oxygens (including phenoxy) is 2. The fraction of sp³-hybridized carbons (Fsp3) is 0.412. The molecule has 6 nitrogen and oxygen atoms in total. The summed E-state index contributed by atoms with van der Waals surface area (Å²) in [4.78, 5) is 24.4. The molecular formula is C17H21NO5. The van der Waals surface area contributed by atoms with Crippen LogP contribution in [0, 0.1) is 5.92 Å². The van der Waals surface area contributed by atoms with Crippen LogP contribution in [-0.4, -0.2) is 48.2 Å². The first-order chi connectivity index (χ1) is 11.0. The summed E-state index contributed by atoms with van der Waals surface area (Å²) in [6.45, 7) is 5.00. The number of rotatable bonds is 6. The summed E-state index contributed by atoms with van der Waals surface area (Å²) in [5, 5.41) is 8.91. The Morgan fingerprint density at radius 2 is 1.96 bits per heavy atom. The third-order valence-corrected chi connectivity index (χ3v) is 3.21. The van der Waals surface area contributed by atoms with Gasteiger partial charge in [0.2, 0.25) is 5.91 Å². The molecule has 1 aliphatic rings. The Labute approximate surface area is 135 Å². The van der Waals surface area contributed by atoms with Crippen molar-refractivity contribution in [2.75, 3.05) is 26.3 Å². The monoisotopic (exact) mass is 319 g/mol. The predicted molar refractivity (Wildman–Crippen MR) is 85.5 cm³/mol. The Bertz CT molecular complexity index is 609. The molecule has 0 saturated carbocycles. The van der Waals surface area contributed by atoms with Gasteiger partial charge in [-0.15, -0.1) is 0 Å². The SMILES string of the molecule is CC(C)CN(CC(=O)O)C(=O)C=Cc1ccc2c(c1)OCCO2. The highest BCUT2D eigenvalue weighted by Crippen LogP contribution is 2.31. The van der Waals surface area contributed by atoms with Crippen molar-refractivity contribution >= 4 is 18.0 Å². The summed E-state index contributed by atoms with van der Waals surface area (Å²) in [6, 6.07) is 5.41. The summed E-state index contributed by atoms with van der Waals surface area (Å²) in [6.07, 6.45) is 3.03. The van der Waals surface area contributed by atoms with Crippen molar-refractivity contribution < 1.29 is 24.2 Å². The second-order valence-electron chi connectivity index (χ2n) is 5.74. The molecule has 0 aliphatic carbocycles. The van der Waals surface area contributed by atoms with E-state index >= 15 is 0 Å². The molecule has 0 fully saturated rings. The van der Waals surface area contributed by atoms with Crippen molar-refractivity contribution in [3.05, 3.63) is 29.8 Å². The van der Waals surface area contributed by atoms with E-state index in [1.807, 2.05) is 19.9 Å². The van der Waals surface area contributed by atoms with Crippen molar-refractivity contribution in [3.63, 3.8) is 0 Å². The van der Waals surface area contributed by atoms with Gasteiger partial charge in [-0.05, 0) is 29.7 Å². The molecule has 124 valence electrons. The highest BCUT2D eigenvalue weighted by atomic mass is 16.6. The average Bonchev–Trinajstić information content (AvgIpc) is 2.51. The zero-order valence-corrected chi connectivity index (χ0v) is 13.3. The van der Waals surface area contributed by atoms with E-state index in [4.69, 9.17) is 14.6 Å². The minimum atomic E-state index is -1.02. The molecule has 0 unspecified atom stereocenters. The lowest BCUT2D eigenvalue weighted by atomic mass is 10.1. The quantitative estimate of drug-likeness (QED) is 0.812. The van der Waals surface area contributed by atoms with Crippen LogP contribution >= 0.6 is 0 Å². The van der Waals surface area contributed by atoms with Gasteiger partial charge in [-0.3, -0.25) is 9.59 Å². The number of hydrogen-bond donors (Lipinski definition) is 1. The van der Waals surface area contributed by atoms with Crippen molar-refractivity contribution in [1.82, 2.24) is 4.90 Å². The maximum absolute atomic E-state index is 12.2. The Hall–Kier alpha value is -2.50. The van der Waals surface area contributed by atoms with Crippen molar-refractivity contribution in [2.45, 2.75) is 13.8 Å². The molecule has 2 rings (SSSR count). The van der Waals surface area contributed by atoms with Crippen LogP contribution in [0.5, 0.6) is 11.5 Å². The number of amides is 1. The van der Waals surface area contributed by atoms with Crippen LogP contribution in [0.25, 0.3) is 6.08 Å². The molecule has 0 atom stereocenters. The number of carbonyl (C=O) groups is 2. The van der Waals surface area contributed by atoms with E-state index in [0.29, 0.717) is 31.3 Å². The lowest BCUT2D eigenvalue weighted by molar-refractivity contribution is -0.143. The number of fused-ring (bicyclic) bond motifs is 1. The minimum Gasteiger partial charge on any atom is -0.486 e. The van der Waals surface area contributed by atoms with Crippen LogP contribution in [0.15, 0.2) is 24.3 Å². The van der Waals surface area contributed by atoms with Gasteiger partial charge in [0, 0.05) is 12.6 Å². The number of carboxylic acids is 1. The molecule has 0 saturated heterocycles. The molecule has 0 spiro atoms. The number of benzene rings is 1. The van der Waals surface area contributed by atoms with Gasteiger partial charge in [0.1, 0.15) is 19.8 Å². The van der Waals surface area contributed by atoms with Gasteiger partial charge in [0.05, 0.1) is 0 Å². The van der Waals surface area contributed by atoms with Gasteiger partial charge in [-0.2, -0.15) is 0 Å². The Morgan fingerprint density at radius 3 is 2.61 bits per heavy atom. The largest absolute Gasteiger partial charge is 0.486 e. The highest BCUT2D eigenvalue weighted by molar-refractivity contribution is 5.93. The van der Waals surface area contributed by atoms with Crippen LogP contribution in [0.3, 0.4) is 0 Å². The lowest BCUT2D eigenvalue weighted by Crippen LogP contribution is -2.37. The van der Waals surface area contributed by atoms with E-state index < -0.39 is 5.97 Å². The summed E-state index contributed by atoms with van der Waals surface area (Å²) in [5.74, 6) is 0.186. The van der Waals surface area contributed by atoms with Gasteiger partial charge < -0.3 is 19.5 Å². The Balaban J connectivity index is 2.07. The first-order valence-electron chi connectivity index (χ1n) is 7.54. The number of carbonyl (C=O) groups excluding carboxylic acids is 1. The van der Waals surface area contributed by atoms with E-state index in [-0.39, 0.29) is 18.4 Å². The smallest absolute Gasteiger partial charge is 0.323 e. The first kappa shape index (κ1) is 16.9. The highest BCUT2D eigenvalue weighted by Gasteiger charge is 2.16. The van der Waals surface area contributed by atoms with Gasteiger partial charge in [-0.25, -0.2) is 0 Å². The fourth-order valence-electron chi connectivity index (χ4n) is 2.27. The maximum atomic E-state index is 12.2. The maximum Gasteiger partial charge on any atom is 0.323 e. The summed E-state index contributed by atoms with van der Waals surface area (Å²) in [5.41, 5.74) is 0.794. The van der Waals surface area contributed by atoms with Gasteiger partial charge >= 0.3 is 5.97 Å². The van der Waals surface area contributed by atoms with Gasteiger partial charge in [0.15, 0.2) is 11.5 Å². The summed E-state index contributed by atoms with van der Waals surface area (Å²) >= 11 is 0.